The van der Waals surface area contributed by atoms with E-state index in [2.05, 4.69) is 0 Å². The number of fused-ring (bicyclic) bond motifs is 3. The molecule has 0 unspecified atom stereocenters. The van der Waals surface area contributed by atoms with Gasteiger partial charge in [0.2, 0.25) is 0 Å². The fraction of sp³-hybridized carbons (Fsp3) is 0.250. The van der Waals surface area contributed by atoms with Gasteiger partial charge in [-0.2, -0.15) is 0 Å². The number of hydrogen-bond donors (Lipinski definition) is 0. The third-order valence-electron chi connectivity index (χ3n) is 3.72. The SMILES string of the molecule is Cc1cccc2c1-c1c(C)cccc1CS(=O)(=O)C2. The zero-order valence-electron chi connectivity index (χ0n) is 11.1. The van der Waals surface area contributed by atoms with Gasteiger partial charge in [-0.05, 0) is 47.2 Å². The molecule has 2 nitrogen and oxygen atoms in total. The standard InChI is InChI=1S/C16H16O2S/c1-11-5-3-7-13-9-19(17,18)10-14-8-4-6-12(2)16(14)15(11)13/h3-8H,9-10H2,1-2H3. The second-order valence-corrected chi connectivity index (χ2v) is 7.31. The Kier molecular flexibility index (Phi) is 2.75. The number of hydrogen-bond acceptors (Lipinski definition) is 2. The molecule has 0 amide bonds. The molecular weight excluding hydrogens is 256 g/mol. The van der Waals surface area contributed by atoms with E-state index in [0.29, 0.717) is 0 Å². The first-order valence-electron chi connectivity index (χ1n) is 6.36. The van der Waals surface area contributed by atoms with Crippen molar-refractivity contribution in [1.82, 2.24) is 0 Å². The van der Waals surface area contributed by atoms with Gasteiger partial charge in [-0.25, -0.2) is 8.42 Å². The van der Waals surface area contributed by atoms with Crippen LogP contribution < -0.4 is 0 Å². The van der Waals surface area contributed by atoms with E-state index in [-0.39, 0.29) is 11.5 Å². The molecule has 0 radical (unpaired) electrons. The van der Waals surface area contributed by atoms with Crippen molar-refractivity contribution in [2.24, 2.45) is 0 Å². The van der Waals surface area contributed by atoms with Gasteiger partial charge in [0, 0.05) is 0 Å². The second kappa shape index (κ2) is 4.20. The number of benzene rings is 2. The Morgan fingerprint density at radius 1 is 0.789 bits per heavy atom. The second-order valence-electron chi connectivity index (χ2n) is 5.25. The van der Waals surface area contributed by atoms with Gasteiger partial charge in [-0.1, -0.05) is 36.4 Å². The molecule has 3 heteroatoms. The Hall–Kier alpha value is -1.61. The van der Waals surface area contributed by atoms with E-state index < -0.39 is 9.84 Å². The molecule has 0 bridgehead atoms. The maximum atomic E-state index is 12.2. The lowest BCUT2D eigenvalue weighted by Crippen LogP contribution is -2.05. The molecule has 2 aromatic rings. The molecule has 0 saturated heterocycles. The van der Waals surface area contributed by atoms with Crippen LogP contribution in [-0.4, -0.2) is 8.42 Å². The van der Waals surface area contributed by atoms with Gasteiger partial charge in [-0.3, -0.25) is 0 Å². The molecule has 1 aliphatic heterocycles. The van der Waals surface area contributed by atoms with E-state index in [0.717, 1.165) is 33.4 Å². The first-order valence-corrected chi connectivity index (χ1v) is 8.18. The molecule has 98 valence electrons. The van der Waals surface area contributed by atoms with Gasteiger partial charge in [0.1, 0.15) is 0 Å². The van der Waals surface area contributed by atoms with Gasteiger partial charge in [0.05, 0.1) is 11.5 Å². The summed E-state index contributed by atoms with van der Waals surface area (Å²) in [4.78, 5) is 0. The van der Waals surface area contributed by atoms with E-state index in [9.17, 15) is 8.42 Å². The largest absolute Gasteiger partial charge is 0.228 e. The van der Waals surface area contributed by atoms with E-state index in [4.69, 9.17) is 0 Å². The third kappa shape index (κ3) is 2.08. The fourth-order valence-electron chi connectivity index (χ4n) is 2.94. The summed E-state index contributed by atoms with van der Waals surface area (Å²) in [5.41, 5.74) is 6.35. The van der Waals surface area contributed by atoms with Crippen LogP contribution in [0.5, 0.6) is 0 Å². The van der Waals surface area contributed by atoms with Crippen molar-refractivity contribution >= 4 is 9.84 Å². The Morgan fingerprint density at radius 2 is 1.21 bits per heavy atom. The molecule has 1 aliphatic rings. The van der Waals surface area contributed by atoms with Crippen LogP contribution in [0.3, 0.4) is 0 Å². The summed E-state index contributed by atoms with van der Waals surface area (Å²) in [6.45, 7) is 4.10. The Morgan fingerprint density at radius 3 is 1.63 bits per heavy atom. The first kappa shape index (κ1) is 12.4. The van der Waals surface area contributed by atoms with E-state index in [1.54, 1.807) is 0 Å². The highest BCUT2D eigenvalue weighted by atomic mass is 32.2. The van der Waals surface area contributed by atoms with Crippen molar-refractivity contribution in [3.63, 3.8) is 0 Å². The van der Waals surface area contributed by atoms with Crippen molar-refractivity contribution in [2.45, 2.75) is 25.4 Å². The van der Waals surface area contributed by atoms with Crippen LogP contribution in [0.4, 0.5) is 0 Å². The van der Waals surface area contributed by atoms with Gasteiger partial charge in [0.25, 0.3) is 0 Å². The van der Waals surface area contributed by atoms with E-state index in [1.807, 2.05) is 50.2 Å². The summed E-state index contributed by atoms with van der Waals surface area (Å²) >= 11 is 0. The zero-order valence-corrected chi connectivity index (χ0v) is 11.9. The van der Waals surface area contributed by atoms with Crippen molar-refractivity contribution in [1.29, 1.82) is 0 Å². The molecule has 0 N–H and O–H groups in total. The van der Waals surface area contributed by atoms with Crippen LogP contribution in [0.1, 0.15) is 22.3 Å². The highest BCUT2D eigenvalue weighted by molar-refractivity contribution is 7.89. The number of sulfone groups is 1. The third-order valence-corrected chi connectivity index (χ3v) is 5.22. The fourth-order valence-corrected chi connectivity index (χ4v) is 4.47. The van der Waals surface area contributed by atoms with Crippen LogP contribution in [0.2, 0.25) is 0 Å². The molecular formula is C16H16O2S. The van der Waals surface area contributed by atoms with E-state index >= 15 is 0 Å². The lowest BCUT2D eigenvalue weighted by atomic mass is 9.90. The summed E-state index contributed by atoms with van der Waals surface area (Å²) in [5, 5.41) is 0. The van der Waals surface area contributed by atoms with Crippen LogP contribution in [0, 0.1) is 13.8 Å². The lowest BCUT2D eigenvalue weighted by Gasteiger charge is -2.14. The number of rotatable bonds is 0. The Labute approximate surface area is 114 Å². The summed E-state index contributed by atoms with van der Waals surface area (Å²) in [5.74, 6) is 0.274. The highest BCUT2D eigenvalue weighted by Crippen LogP contribution is 2.37. The van der Waals surface area contributed by atoms with Gasteiger partial charge >= 0.3 is 0 Å². The van der Waals surface area contributed by atoms with E-state index in [1.165, 1.54) is 0 Å². The maximum absolute atomic E-state index is 12.2. The molecule has 1 heterocycles. The van der Waals surface area contributed by atoms with Crippen LogP contribution in [-0.2, 0) is 21.3 Å². The van der Waals surface area contributed by atoms with Crippen LogP contribution >= 0.6 is 0 Å². The minimum atomic E-state index is -3.08. The van der Waals surface area contributed by atoms with Crippen LogP contribution in [0.25, 0.3) is 11.1 Å². The topological polar surface area (TPSA) is 34.1 Å². The predicted octanol–water partition coefficient (Wildman–Crippen LogP) is 3.40. The normalized spacial score (nSPS) is 16.3. The molecule has 2 aromatic carbocycles. The minimum Gasteiger partial charge on any atom is -0.228 e. The molecule has 0 fully saturated rings. The van der Waals surface area contributed by atoms with Gasteiger partial charge in [-0.15, -0.1) is 0 Å². The smallest absolute Gasteiger partial charge is 0.158 e. The summed E-state index contributed by atoms with van der Waals surface area (Å²) in [6.07, 6.45) is 0. The van der Waals surface area contributed by atoms with Gasteiger partial charge < -0.3 is 0 Å². The quantitative estimate of drug-likeness (QED) is 0.736. The highest BCUT2D eigenvalue weighted by Gasteiger charge is 2.25. The molecule has 0 atom stereocenters. The zero-order chi connectivity index (χ0) is 13.6. The summed E-state index contributed by atoms with van der Waals surface area (Å²) in [6, 6.07) is 11.8. The molecule has 0 spiro atoms. The maximum Gasteiger partial charge on any atom is 0.158 e. The Balaban J connectivity index is 2.45. The average molecular weight is 272 g/mol. The molecule has 0 aliphatic carbocycles. The molecule has 3 rings (SSSR count). The van der Waals surface area contributed by atoms with Crippen molar-refractivity contribution in [3.8, 4) is 11.1 Å². The van der Waals surface area contributed by atoms with Gasteiger partial charge in [0.15, 0.2) is 9.84 Å². The van der Waals surface area contributed by atoms with Crippen molar-refractivity contribution < 1.29 is 8.42 Å². The van der Waals surface area contributed by atoms with Crippen LogP contribution in [0.15, 0.2) is 36.4 Å². The minimum absolute atomic E-state index is 0.137. The van der Waals surface area contributed by atoms with Crippen molar-refractivity contribution in [2.75, 3.05) is 0 Å². The molecule has 19 heavy (non-hydrogen) atoms. The average Bonchev–Trinajstić information content (AvgIpc) is 2.42. The monoisotopic (exact) mass is 272 g/mol. The summed E-state index contributed by atoms with van der Waals surface area (Å²) in [7, 11) is -3.08. The molecule has 0 aromatic heterocycles. The number of aryl methyl sites for hydroxylation is 2. The molecule has 0 saturated carbocycles. The summed E-state index contributed by atoms with van der Waals surface area (Å²) < 4.78 is 24.4. The Bertz CT molecular complexity index is 699. The first-order chi connectivity index (χ1) is 8.98. The van der Waals surface area contributed by atoms with Crippen molar-refractivity contribution in [3.05, 3.63) is 58.7 Å². The predicted molar refractivity (Wildman–Crippen MR) is 77.7 cm³/mol. The lowest BCUT2D eigenvalue weighted by molar-refractivity contribution is 0.595.